The lowest BCUT2D eigenvalue weighted by Crippen LogP contribution is -2.22. The Hall–Kier alpha value is -0.890. The van der Waals surface area contributed by atoms with Crippen LogP contribution in [0.25, 0.3) is 0 Å². The molecule has 1 fully saturated rings. The molecule has 1 N–H and O–H groups in total. The van der Waals surface area contributed by atoms with Gasteiger partial charge in [0.1, 0.15) is 5.82 Å². The summed E-state index contributed by atoms with van der Waals surface area (Å²) in [6, 6.07) is 3.63. The quantitative estimate of drug-likeness (QED) is 0.841. The third kappa shape index (κ3) is 2.23. The minimum atomic E-state index is -0.131. The molecule has 1 aliphatic carbocycles. The Morgan fingerprint density at radius 1 is 1.29 bits per heavy atom. The molecule has 0 amide bonds. The van der Waals surface area contributed by atoms with Crippen LogP contribution in [0.1, 0.15) is 43.0 Å². The number of hydrogen-bond acceptors (Lipinski definition) is 1. The number of benzene rings is 1. The van der Waals surface area contributed by atoms with Gasteiger partial charge in [0.2, 0.25) is 0 Å². The van der Waals surface area contributed by atoms with Gasteiger partial charge in [0.15, 0.2) is 0 Å². The maximum absolute atomic E-state index is 13.3. The SMILES string of the molecule is CNC(c1c(C)cc(F)cc1C)C1CC1(C)C. The molecule has 0 radical (unpaired) electrons. The molecular weight excluding hydrogens is 213 g/mol. The average Bonchev–Trinajstić information content (AvgIpc) is 2.80. The highest BCUT2D eigenvalue weighted by molar-refractivity contribution is 5.38. The minimum Gasteiger partial charge on any atom is -0.313 e. The highest BCUT2D eigenvalue weighted by Crippen LogP contribution is 2.58. The van der Waals surface area contributed by atoms with E-state index in [-0.39, 0.29) is 5.82 Å². The first-order valence-corrected chi connectivity index (χ1v) is 6.30. The molecule has 17 heavy (non-hydrogen) atoms. The van der Waals surface area contributed by atoms with Gasteiger partial charge >= 0.3 is 0 Å². The first-order chi connectivity index (χ1) is 7.86. The topological polar surface area (TPSA) is 12.0 Å². The Bertz CT molecular complexity index is 414. The van der Waals surface area contributed by atoms with Crippen LogP contribution in [0, 0.1) is 31.0 Å². The molecule has 2 heteroatoms. The van der Waals surface area contributed by atoms with E-state index in [1.54, 1.807) is 12.1 Å². The van der Waals surface area contributed by atoms with Crippen LogP contribution in [0.5, 0.6) is 0 Å². The summed E-state index contributed by atoms with van der Waals surface area (Å²) < 4.78 is 13.3. The lowest BCUT2D eigenvalue weighted by molar-refractivity contribution is 0.437. The third-order valence-corrected chi connectivity index (χ3v) is 4.17. The van der Waals surface area contributed by atoms with Crippen molar-refractivity contribution in [3.8, 4) is 0 Å². The monoisotopic (exact) mass is 235 g/mol. The number of rotatable bonds is 3. The van der Waals surface area contributed by atoms with Gasteiger partial charge in [-0.3, -0.25) is 0 Å². The fourth-order valence-corrected chi connectivity index (χ4v) is 3.04. The fraction of sp³-hybridized carbons (Fsp3) is 0.600. The average molecular weight is 235 g/mol. The molecule has 1 aliphatic rings. The highest BCUT2D eigenvalue weighted by Gasteiger charge is 2.50. The summed E-state index contributed by atoms with van der Waals surface area (Å²) in [6.45, 7) is 8.61. The summed E-state index contributed by atoms with van der Waals surface area (Å²) in [5.41, 5.74) is 3.82. The van der Waals surface area contributed by atoms with E-state index in [2.05, 4.69) is 19.2 Å². The van der Waals surface area contributed by atoms with Gasteiger partial charge in [0.25, 0.3) is 0 Å². The molecule has 2 unspecified atom stereocenters. The Morgan fingerprint density at radius 3 is 2.12 bits per heavy atom. The normalized spacial score (nSPS) is 23.5. The third-order valence-electron chi connectivity index (χ3n) is 4.17. The van der Waals surface area contributed by atoms with Gasteiger partial charge < -0.3 is 5.32 Å². The number of nitrogens with one attached hydrogen (secondary N) is 1. The van der Waals surface area contributed by atoms with Gasteiger partial charge in [-0.05, 0) is 67.5 Å². The van der Waals surface area contributed by atoms with Crippen molar-refractivity contribution in [2.75, 3.05) is 7.05 Å². The van der Waals surface area contributed by atoms with E-state index in [1.165, 1.54) is 12.0 Å². The van der Waals surface area contributed by atoms with E-state index in [1.807, 2.05) is 20.9 Å². The van der Waals surface area contributed by atoms with Crippen molar-refractivity contribution in [1.82, 2.24) is 5.32 Å². The lowest BCUT2D eigenvalue weighted by atomic mass is 9.90. The van der Waals surface area contributed by atoms with Crippen molar-refractivity contribution in [2.24, 2.45) is 11.3 Å². The van der Waals surface area contributed by atoms with Crippen LogP contribution < -0.4 is 5.32 Å². The molecule has 0 bridgehead atoms. The van der Waals surface area contributed by atoms with E-state index in [4.69, 9.17) is 0 Å². The summed E-state index contributed by atoms with van der Waals surface area (Å²) in [4.78, 5) is 0. The second-order valence-electron chi connectivity index (χ2n) is 6.02. The fourth-order valence-electron chi connectivity index (χ4n) is 3.04. The lowest BCUT2D eigenvalue weighted by Gasteiger charge is -2.23. The molecule has 1 nitrogen and oxygen atoms in total. The molecule has 1 saturated carbocycles. The smallest absolute Gasteiger partial charge is 0.123 e. The van der Waals surface area contributed by atoms with Gasteiger partial charge in [-0.1, -0.05) is 13.8 Å². The van der Waals surface area contributed by atoms with Crippen LogP contribution in [-0.4, -0.2) is 7.05 Å². The van der Waals surface area contributed by atoms with Crippen LogP contribution >= 0.6 is 0 Å². The van der Waals surface area contributed by atoms with Crippen molar-refractivity contribution < 1.29 is 4.39 Å². The van der Waals surface area contributed by atoms with Gasteiger partial charge in [0.05, 0.1) is 0 Å². The predicted octanol–water partition coefficient (Wildman–Crippen LogP) is 3.75. The van der Waals surface area contributed by atoms with Crippen LogP contribution in [0.3, 0.4) is 0 Å². The van der Waals surface area contributed by atoms with Crippen molar-refractivity contribution in [1.29, 1.82) is 0 Å². The summed E-state index contributed by atoms with van der Waals surface area (Å²) in [5, 5.41) is 3.41. The first-order valence-electron chi connectivity index (χ1n) is 6.30. The molecular formula is C15H22FN. The first kappa shape index (κ1) is 12.6. The number of aryl methyl sites for hydroxylation is 2. The molecule has 2 atom stereocenters. The predicted molar refractivity (Wildman–Crippen MR) is 69.6 cm³/mol. The zero-order chi connectivity index (χ0) is 12.8. The standard InChI is InChI=1S/C15H22FN/c1-9-6-11(16)7-10(2)13(9)14(17-5)12-8-15(12,3)4/h6-7,12,14,17H,8H2,1-5H3. The minimum absolute atomic E-state index is 0.131. The van der Waals surface area contributed by atoms with E-state index in [0.29, 0.717) is 17.4 Å². The van der Waals surface area contributed by atoms with Crippen LogP contribution in [0.4, 0.5) is 4.39 Å². The number of hydrogen-bond donors (Lipinski definition) is 1. The summed E-state index contributed by atoms with van der Waals surface area (Å²) in [5.74, 6) is 0.532. The molecule has 1 aromatic carbocycles. The molecule has 0 saturated heterocycles. The second kappa shape index (κ2) is 4.09. The van der Waals surface area contributed by atoms with Crippen LogP contribution in [0.2, 0.25) is 0 Å². The Labute approximate surface area is 103 Å². The van der Waals surface area contributed by atoms with Crippen LogP contribution in [0.15, 0.2) is 12.1 Å². The van der Waals surface area contributed by atoms with Crippen molar-refractivity contribution in [3.05, 3.63) is 34.6 Å². The van der Waals surface area contributed by atoms with E-state index < -0.39 is 0 Å². The molecule has 0 aliphatic heterocycles. The van der Waals surface area contributed by atoms with Crippen molar-refractivity contribution >= 4 is 0 Å². The highest BCUT2D eigenvalue weighted by atomic mass is 19.1. The van der Waals surface area contributed by atoms with Crippen molar-refractivity contribution in [3.63, 3.8) is 0 Å². The summed E-state index contributed by atoms with van der Waals surface area (Å²) in [6.07, 6.45) is 1.24. The summed E-state index contributed by atoms with van der Waals surface area (Å²) >= 11 is 0. The Morgan fingerprint density at radius 2 is 1.76 bits per heavy atom. The van der Waals surface area contributed by atoms with Crippen LogP contribution in [-0.2, 0) is 0 Å². The largest absolute Gasteiger partial charge is 0.313 e. The molecule has 2 rings (SSSR count). The maximum Gasteiger partial charge on any atom is 0.123 e. The summed E-state index contributed by atoms with van der Waals surface area (Å²) in [7, 11) is 2.00. The Balaban J connectivity index is 2.38. The van der Waals surface area contributed by atoms with E-state index in [0.717, 1.165) is 11.1 Å². The second-order valence-corrected chi connectivity index (χ2v) is 6.02. The van der Waals surface area contributed by atoms with E-state index >= 15 is 0 Å². The maximum atomic E-state index is 13.3. The van der Waals surface area contributed by atoms with Gasteiger partial charge in [-0.25, -0.2) is 4.39 Å². The Kier molecular flexibility index (Phi) is 3.03. The van der Waals surface area contributed by atoms with E-state index in [9.17, 15) is 4.39 Å². The molecule has 0 aromatic heterocycles. The van der Waals surface area contributed by atoms with Gasteiger partial charge in [-0.2, -0.15) is 0 Å². The van der Waals surface area contributed by atoms with Gasteiger partial charge in [-0.15, -0.1) is 0 Å². The molecule has 1 aromatic rings. The molecule has 0 heterocycles. The molecule has 0 spiro atoms. The van der Waals surface area contributed by atoms with Gasteiger partial charge in [0, 0.05) is 6.04 Å². The molecule has 94 valence electrons. The number of halogens is 1. The zero-order valence-electron chi connectivity index (χ0n) is 11.4. The zero-order valence-corrected chi connectivity index (χ0v) is 11.4. The van der Waals surface area contributed by atoms with Crippen molar-refractivity contribution in [2.45, 2.75) is 40.2 Å².